The predicted molar refractivity (Wildman–Crippen MR) is 104 cm³/mol. The summed E-state index contributed by atoms with van der Waals surface area (Å²) >= 11 is 5.88. The Labute approximate surface area is 166 Å². The van der Waals surface area contributed by atoms with Crippen LogP contribution in [0.25, 0.3) is 0 Å². The van der Waals surface area contributed by atoms with Crippen LogP contribution in [-0.4, -0.2) is 30.4 Å². The summed E-state index contributed by atoms with van der Waals surface area (Å²) in [5, 5.41) is 22.5. The summed E-state index contributed by atoms with van der Waals surface area (Å²) in [6, 6.07) is 8.08. The average molecular weight is 403 g/mol. The van der Waals surface area contributed by atoms with E-state index in [1.807, 2.05) is 25.1 Å². The molecule has 0 fully saturated rings. The fourth-order valence-electron chi connectivity index (χ4n) is 2.93. The molecule has 146 valence electrons. The van der Waals surface area contributed by atoms with Gasteiger partial charge in [-0.25, -0.2) is 0 Å². The van der Waals surface area contributed by atoms with Gasteiger partial charge in [0.1, 0.15) is 0 Å². The maximum absolute atomic E-state index is 12.8. The highest BCUT2D eigenvalue weighted by Crippen LogP contribution is 2.21. The molecular weight excluding hydrogens is 384 g/mol. The zero-order chi connectivity index (χ0) is 20.3. The van der Waals surface area contributed by atoms with Crippen LogP contribution < -0.4 is 5.32 Å². The minimum atomic E-state index is -0.651. The normalized spacial score (nSPS) is 12.0. The van der Waals surface area contributed by atoms with Crippen molar-refractivity contribution in [2.75, 3.05) is 5.32 Å². The lowest BCUT2D eigenvalue weighted by Crippen LogP contribution is -2.27. The van der Waals surface area contributed by atoms with Crippen molar-refractivity contribution in [3.8, 4) is 0 Å². The van der Waals surface area contributed by atoms with Crippen LogP contribution in [0.4, 0.5) is 11.5 Å². The number of nitro groups is 1. The number of nitrogens with zero attached hydrogens (tertiary/aromatic N) is 5. The molecule has 3 aromatic rings. The first-order valence-corrected chi connectivity index (χ1v) is 9.03. The van der Waals surface area contributed by atoms with E-state index in [-0.39, 0.29) is 11.7 Å². The van der Waals surface area contributed by atoms with Gasteiger partial charge in [0.25, 0.3) is 5.91 Å². The summed E-state index contributed by atoms with van der Waals surface area (Å²) < 4.78 is 3.09. The van der Waals surface area contributed by atoms with Gasteiger partial charge < -0.3 is 15.4 Å². The highest BCUT2D eigenvalue weighted by Gasteiger charge is 2.27. The second kappa shape index (κ2) is 8.22. The van der Waals surface area contributed by atoms with Crippen LogP contribution in [0.1, 0.15) is 30.6 Å². The largest absolute Gasteiger partial charge is 0.390 e. The molecular formula is C18H19ClN6O3. The second-order valence-corrected chi connectivity index (χ2v) is 6.75. The molecule has 3 rings (SSSR count). The number of nitrogens with one attached hydrogen (secondary N) is 1. The van der Waals surface area contributed by atoms with Crippen molar-refractivity contribution in [2.24, 2.45) is 0 Å². The number of hydrogen-bond acceptors (Lipinski definition) is 5. The number of amides is 1. The molecule has 2 aromatic heterocycles. The quantitative estimate of drug-likeness (QED) is 0.480. The second-order valence-electron chi connectivity index (χ2n) is 6.32. The van der Waals surface area contributed by atoms with E-state index in [9.17, 15) is 14.9 Å². The minimum Gasteiger partial charge on any atom is -0.358 e. The summed E-state index contributed by atoms with van der Waals surface area (Å²) in [4.78, 5) is 23.1. The molecule has 0 aliphatic rings. The molecule has 9 nitrogen and oxygen atoms in total. The minimum absolute atomic E-state index is 0.274. The Hall–Kier alpha value is -3.20. The maximum Gasteiger partial charge on any atom is 0.390 e. The van der Waals surface area contributed by atoms with E-state index in [0.717, 1.165) is 5.56 Å². The summed E-state index contributed by atoms with van der Waals surface area (Å²) in [6.45, 7) is 4.03. The monoisotopic (exact) mass is 402 g/mol. The Balaban J connectivity index is 1.76. The van der Waals surface area contributed by atoms with E-state index in [4.69, 9.17) is 11.6 Å². The van der Waals surface area contributed by atoms with Gasteiger partial charge in [-0.2, -0.15) is 9.78 Å². The first-order valence-electron chi connectivity index (χ1n) is 8.65. The first-order chi connectivity index (χ1) is 13.4. The highest BCUT2D eigenvalue weighted by atomic mass is 35.5. The zero-order valence-corrected chi connectivity index (χ0v) is 16.1. The number of rotatable bonds is 7. The van der Waals surface area contributed by atoms with Crippen LogP contribution in [0.15, 0.2) is 42.7 Å². The van der Waals surface area contributed by atoms with Crippen molar-refractivity contribution in [1.29, 1.82) is 0 Å². The van der Waals surface area contributed by atoms with Crippen LogP contribution in [0, 0.1) is 17.0 Å². The predicted octanol–water partition coefficient (Wildman–Crippen LogP) is 3.59. The van der Waals surface area contributed by atoms with E-state index < -0.39 is 11.0 Å². The fraction of sp³-hybridized carbons (Fsp3) is 0.278. The van der Waals surface area contributed by atoms with Crippen molar-refractivity contribution in [3.63, 3.8) is 0 Å². The summed E-state index contributed by atoms with van der Waals surface area (Å²) in [5.41, 5.74) is 2.12. The van der Waals surface area contributed by atoms with Gasteiger partial charge in [-0.15, -0.1) is 0 Å². The van der Waals surface area contributed by atoms with Crippen molar-refractivity contribution < 1.29 is 9.72 Å². The number of aryl methyl sites for hydroxylation is 1. The van der Waals surface area contributed by atoms with Crippen LogP contribution in [0.3, 0.4) is 0 Å². The smallest absolute Gasteiger partial charge is 0.358 e. The molecule has 1 amide bonds. The van der Waals surface area contributed by atoms with Gasteiger partial charge in [0.15, 0.2) is 6.04 Å². The SMILES string of the molecule is CCC(C(=O)Nc1cccc(Cn2cc(Cl)cn2)c1)n1nc([N+](=O)[O-])cc1C. The zero-order valence-electron chi connectivity index (χ0n) is 15.4. The third-order valence-electron chi connectivity index (χ3n) is 4.22. The van der Waals surface area contributed by atoms with E-state index in [2.05, 4.69) is 15.5 Å². The van der Waals surface area contributed by atoms with Gasteiger partial charge in [0.05, 0.1) is 34.6 Å². The van der Waals surface area contributed by atoms with Crippen LogP contribution in [-0.2, 0) is 11.3 Å². The Morgan fingerprint density at radius 1 is 1.39 bits per heavy atom. The third kappa shape index (κ3) is 4.37. The Morgan fingerprint density at radius 3 is 2.79 bits per heavy atom. The van der Waals surface area contributed by atoms with Gasteiger partial charge in [0.2, 0.25) is 0 Å². The van der Waals surface area contributed by atoms with Gasteiger partial charge in [0, 0.05) is 11.9 Å². The lowest BCUT2D eigenvalue weighted by molar-refractivity contribution is -0.389. The molecule has 2 heterocycles. The number of aromatic nitrogens is 4. The summed E-state index contributed by atoms with van der Waals surface area (Å²) in [7, 11) is 0. The van der Waals surface area contributed by atoms with Crippen molar-refractivity contribution in [3.05, 3.63) is 69.1 Å². The topological polar surface area (TPSA) is 108 Å². The lowest BCUT2D eigenvalue weighted by atomic mass is 10.1. The summed E-state index contributed by atoms with van der Waals surface area (Å²) in [6.07, 6.45) is 3.72. The van der Waals surface area contributed by atoms with E-state index in [0.29, 0.717) is 29.4 Å². The average Bonchev–Trinajstić information content (AvgIpc) is 3.22. The Bertz CT molecular complexity index is 1010. The number of anilines is 1. The molecule has 1 atom stereocenters. The van der Waals surface area contributed by atoms with Crippen LogP contribution >= 0.6 is 11.6 Å². The molecule has 28 heavy (non-hydrogen) atoms. The third-order valence-corrected chi connectivity index (χ3v) is 4.42. The standard InChI is InChI=1S/C18H19ClN6O3/c1-3-16(24-12(2)7-17(22-24)25(27)28)18(26)21-15-6-4-5-13(8-15)10-23-11-14(19)9-20-23/h4-9,11,16H,3,10H2,1-2H3,(H,21,26). The van der Waals surface area contributed by atoms with Gasteiger partial charge in [-0.3, -0.25) is 9.48 Å². The molecule has 10 heteroatoms. The molecule has 0 saturated heterocycles. The maximum atomic E-state index is 12.8. The highest BCUT2D eigenvalue weighted by molar-refractivity contribution is 6.30. The number of carbonyl (C=O) groups excluding carboxylic acids is 1. The number of benzene rings is 1. The molecule has 0 radical (unpaired) electrons. The molecule has 1 aromatic carbocycles. The number of halogens is 1. The molecule has 0 spiro atoms. The van der Waals surface area contributed by atoms with Crippen LogP contribution in [0.2, 0.25) is 5.02 Å². The van der Waals surface area contributed by atoms with Crippen LogP contribution in [0.5, 0.6) is 0 Å². The van der Waals surface area contributed by atoms with Crippen molar-refractivity contribution in [1.82, 2.24) is 19.6 Å². The molecule has 1 unspecified atom stereocenters. The van der Waals surface area contributed by atoms with Gasteiger partial charge in [-0.1, -0.05) is 30.7 Å². The molecule has 1 N–H and O–H groups in total. The molecule has 0 bridgehead atoms. The van der Waals surface area contributed by atoms with E-state index in [1.165, 1.54) is 10.7 Å². The molecule has 0 aliphatic heterocycles. The van der Waals surface area contributed by atoms with Gasteiger partial charge in [-0.05, 0) is 36.0 Å². The van der Waals surface area contributed by atoms with E-state index >= 15 is 0 Å². The number of hydrogen-bond donors (Lipinski definition) is 1. The molecule has 0 saturated carbocycles. The van der Waals surface area contributed by atoms with Crippen molar-refractivity contribution in [2.45, 2.75) is 32.9 Å². The lowest BCUT2D eigenvalue weighted by Gasteiger charge is -2.15. The Kier molecular flexibility index (Phi) is 5.74. The van der Waals surface area contributed by atoms with Gasteiger partial charge >= 0.3 is 5.82 Å². The van der Waals surface area contributed by atoms with Crippen molar-refractivity contribution >= 4 is 29.0 Å². The summed E-state index contributed by atoms with van der Waals surface area (Å²) in [5.74, 6) is -0.563. The number of carbonyl (C=O) groups is 1. The Morgan fingerprint density at radius 2 is 2.18 bits per heavy atom. The fourth-order valence-corrected chi connectivity index (χ4v) is 3.09. The first kappa shape index (κ1) is 19.6. The van der Waals surface area contributed by atoms with E-state index in [1.54, 1.807) is 30.1 Å². The molecule has 0 aliphatic carbocycles.